The molecule has 1 fully saturated rings. The topological polar surface area (TPSA) is 67.3 Å². The van der Waals surface area contributed by atoms with Crippen molar-refractivity contribution in [2.75, 3.05) is 19.6 Å². The number of nitrogens with one attached hydrogen (secondary N) is 1. The number of halogens is 1. The fourth-order valence-corrected chi connectivity index (χ4v) is 3.80. The third-order valence-electron chi connectivity index (χ3n) is 3.36. The average molecular weight is 399 g/mol. The second-order valence-corrected chi connectivity index (χ2v) is 8.27. The molecule has 0 radical (unpaired) electrons. The Bertz CT molecular complexity index is 728. The summed E-state index contributed by atoms with van der Waals surface area (Å²) in [5.74, 6) is 0. The van der Waals surface area contributed by atoms with Gasteiger partial charge in [0.1, 0.15) is 25.6 Å². The number of rotatable bonds is 1. The molecule has 1 unspecified atom stereocenters. The van der Waals surface area contributed by atoms with Crippen LogP contribution in [-0.4, -0.2) is 46.2 Å². The first-order valence-electron chi connectivity index (χ1n) is 7.46. The highest BCUT2D eigenvalue weighted by molar-refractivity contribution is 9.10. The molecule has 23 heavy (non-hydrogen) atoms. The molecule has 1 saturated heterocycles. The number of piperazine rings is 1. The van der Waals surface area contributed by atoms with E-state index in [1.165, 1.54) is 0 Å². The highest BCUT2D eigenvalue weighted by Gasteiger charge is 2.29. The zero-order valence-corrected chi connectivity index (χ0v) is 15.7. The predicted molar refractivity (Wildman–Crippen MR) is 93.7 cm³/mol. The van der Waals surface area contributed by atoms with Gasteiger partial charge in [0.15, 0.2) is 0 Å². The van der Waals surface area contributed by atoms with E-state index in [0.29, 0.717) is 13.1 Å². The van der Waals surface area contributed by atoms with Crippen LogP contribution in [0.25, 0.3) is 10.3 Å². The Kier molecular flexibility index (Phi) is 4.57. The third-order valence-corrected chi connectivity index (χ3v) is 4.88. The molecular formula is C15H19BrN4O2S. The van der Waals surface area contributed by atoms with Gasteiger partial charge < -0.3 is 15.0 Å². The highest BCUT2D eigenvalue weighted by atomic mass is 79.9. The molecule has 1 atom stereocenters. The number of aromatic nitrogens is 2. The zero-order valence-electron chi connectivity index (χ0n) is 13.3. The number of fused-ring (bicyclic) bond motifs is 1. The normalized spacial score (nSPS) is 19.1. The molecule has 3 rings (SSSR count). The summed E-state index contributed by atoms with van der Waals surface area (Å²) in [4.78, 5) is 24.0. The Morgan fingerprint density at radius 3 is 2.96 bits per heavy atom. The van der Waals surface area contributed by atoms with Crippen molar-refractivity contribution < 1.29 is 9.53 Å². The Morgan fingerprint density at radius 2 is 2.22 bits per heavy atom. The van der Waals surface area contributed by atoms with Gasteiger partial charge in [-0.25, -0.2) is 14.8 Å². The Hall–Kier alpha value is -1.25. The van der Waals surface area contributed by atoms with Gasteiger partial charge in [0.2, 0.25) is 0 Å². The van der Waals surface area contributed by atoms with Crippen LogP contribution in [0, 0.1) is 0 Å². The number of carbonyl (C=O) groups excluding carboxylic acids is 1. The lowest BCUT2D eigenvalue weighted by atomic mass is 10.2. The summed E-state index contributed by atoms with van der Waals surface area (Å²) in [5.41, 5.74) is 0.396. The van der Waals surface area contributed by atoms with Crippen LogP contribution in [0.4, 0.5) is 4.79 Å². The number of hydrogen-bond donors (Lipinski definition) is 1. The Morgan fingerprint density at radius 1 is 1.43 bits per heavy atom. The fraction of sp³-hybridized carbons (Fsp3) is 0.533. The quantitative estimate of drug-likeness (QED) is 0.746. The summed E-state index contributed by atoms with van der Waals surface area (Å²) in [5, 5.41) is 4.36. The van der Waals surface area contributed by atoms with Crippen LogP contribution in [-0.2, 0) is 4.74 Å². The molecule has 1 aliphatic rings. The van der Waals surface area contributed by atoms with E-state index in [2.05, 4.69) is 31.2 Å². The highest BCUT2D eigenvalue weighted by Crippen LogP contribution is 2.28. The number of nitrogens with zero attached hydrogens (tertiary/aromatic N) is 3. The standard InChI is InChI=1S/C15H19BrN4O2S/c1-15(2,3)22-14(21)20-7-6-17-10(8-20)13-18-9-4-5-11(16)19-12(9)23-13/h4-5,10,17H,6-8H2,1-3H3. The number of amides is 1. The molecule has 1 amide bonds. The Balaban J connectivity index is 1.75. The maximum Gasteiger partial charge on any atom is 0.410 e. The van der Waals surface area contributed by atoms with E-state index in [4.69, 9.17) is 4.74 Å². The van der Waals surface area contributed by atoms with Crippen LogP contribution in [0.2, 0.25) is 0 Å². The molecule has 0 aliphatic carbocycles. The Labute approximate surface area is 147 Å². The van der Waals surface area contributed by atoms with E-state index in [1.54, 1.807) is 16.2 Å². The fourth-order valence-electron chi connectivity index (χ4n) is 2.37. The lowest BCUT2D eigenvalue weighted by Gasteiger charge is -2.34. The molecule has 2 aromatic rings. The van der Waals surface area contributed by atoms with Crippen LogP contribution in [0.3, 0.4) is 0 Å². The number of thiazole rings is 1. The van der Waals surface area contributed by atoms with E-state index < -0.39 is 5.60 Å². The first-order valence-corrected chi connectivity index (χ1v) is 9.07. The number of pyridine rings is 1. The van der Waals surface area contributed by atoms with E-state index in [0.717, 1.165) is 26.5 Å². The lowest BCUT2D eigenvalue weighted by Crippen LogP contribution is -2.49. The summed E-state index contributed by atoms with van der Waals surface area (Å²) >= 11 is 4.93. The second-order valence-electron chi connectivity index (χ2n) is 6.44. The van der Waals surface area contributed by atoms with Crippen molar-refractivity contribution in [2.45, 2.75) is 32.4 Å². The number of hydrogen-bond acceptors (Lipinski definition) is 6. The van der Waals surface area contributed by atoms with E-state index in [-0.39, 0.29) is 12.1 Å². The molecule has 124 valence electrons. The third kappa shape index (κ3) is 3.99. The molecule has 1 aliphatic heterocycles. The largest absolute Gasteiger partial charge is 0.444 e. The van der Waals surface area contributed by atoms with Gasteiger partial charge in [0.25, 0.3) is 0 Å². The zero-order chi connectivity index (χ0) is 16.6. The summed E-state index contributed by atoms with van der Waals surface area (Å²) in [7, 11) is 0. The molecule has 0 spiro atoms. The lowest BCUT2D eigenvalue weighted by molar-refractivity contribution is 0.0195. The van der Waals surface area contributed by atoms with Crippen molar-refractivity contribution in [3.63, 3.8) is 0 Å². The molecule has 0 bridgehead atoms. The summed E-state index contributed by atoms with van der Waals surface area (Å²) in [6.45, 7) is 7.54. The maximum absolute atomic E-state index is 12.2. The van der Waals surface area contributed by atoms with Crippen molar-refractivity contribution in [2.24, 2.45) is 0 Å². The minimum atomic E-state index is -0.483. The van der Waals surface area contributed by atoms with Gasteiger partial charge in [0.05, 0.1) is 6.04 Å². The smallest absolute Gasteiger partial charge is 0.410 e. The number of ether oxygens (including phenoxy) is 1. The molecule has 2 aromatic heterocycles. The van der Waals surface area contributed by atoms with Gasteiger partial charge in [0, 0.05) is 19.6 Å². The molecule has 1 N–H and O–H groups in total. The van der Waals surface area contributed by atoms with Crippen LogP contribution >= 0.6 is 27.3 Å². The summed E-state index contributed by atoms with van der Waals surface area (Å²) < 4.78 is 6.26. The van der Waals surface area contributed by atoms with E-state index in [1.807, 2.05) is 32.9 Å². The second kappa shape index (κ2) is 6.33. The first kappa shape index (κ1) is 16.6. The predicted octanol–water partition coefficient (Wildman–Crippen LogP) is 3.34. The monoisotopic (exact) mass is 398 g/mol. The van der Waals surface area contributed by atoms with Crippen molar-refractivity contribution in [3.05, 3.63) is 21.7 Å². The minimum absolute atomic E-state index is 0.00856. The van der Waals surface area contributed by atoms with Gasteiger partial charge in [-0.15, -0.1) is 0 Å². The van der Waals surface area contributed by atoms with Crippen LogP contribution in [0.15, 0.2) is 16.7 Å². The molecule has 0 saturated carbocycles. The van der Waals surface area contributed by atoms with Crippen molar-refractivity contribution in [3.8, 4) is 0 Å². The van der Waals surface area contributed by atoms with Gasteiger partial charge in [-0.3, -0.25) is 0 Å². The maximum atomic E-state index is 12.2. The first-order chi connectivity index (χ1) is 10.8. The van der Waals surface area contributed by atoms with Gasteiger partial charge in [-0.2, -0.15) is 0 Å². The van der Waals surface area contributed by atoms with Crippen LogP contribution in [0.5, 0.6) is 0 Å². The average Bonchev–Trinajstić information content (AvgIpc) is 2.88. The van der Waals surface area contributed by atoms with E-state index >= 15 is 0 Å². The molecular weight excluding hydrogens is 380 g/mol. The molecule has 0 aromatic carbocycles. The minimum Gasteiger partial charge on any atom is -0.444 e. The molecule has 3 heterocycles. The van der Waals surface area contributed by atoms with Crippen molar-refractivity contribution in [1.29, 1.82) is 0 Å². The molecule has 8 heteroatoms. The van der Waals surface area contributed by atoms with E-state index in [9.17, 15) is 4.79 Å². The van der Waals surface area contributed by atoms with Gasteiger partial charge in [-0.05, 0) is 48.8 Å². The molecule has 6 nitrogen and oxygen atoms in total. The SMILES string of the molecule is CC(C)(C)OC(=O)N1CCNC(c2nc3ccc(Br)nc3s2)C1. The van der Waals surface area contributed by atoms with Crippen molar-refractivity contribution >= 4 is 43.7 Å². The van der Waals surface area contributed by atoms with Crippen LogP contribution < -0.4 is 5.32 Å². The number of carbonyl (C=O) groups is 1. The van der Waals surface area contributed by atoms with Crippen LogP contribution in [0.1, 0.15) is 31.8 Å². The summed E-state index contributed by atoms with van der Waals surface area (Å²) in [6.07, 6.45) is -0.272. The van der Waals surface area contributed by atoms with Crippen molar-refractivity contribution in [1.82, 2.24) is 20.2 Å². The van der Waals surface area contributed by atoms with Gasteiger partial charge in [-0.1, -0.05) is 11.3 Å². The van der Waals surface area contributed by atoms with Gasteiger partial charge >= 0.3 is 6.09 Å². The summed E-state index contributed by atoms with van der Waals surface area (Å²) in [6, 6.07) is 3.84.